The standard InChI is InChI=1S/C16H15Br2NO4/c1-21-11-6-10(7-12(8-11)22-2)19-15(20)9-23-16-13(17)4-3-5-14(16)18/h3-8H,9H2,1-2H3,(H,19,20). The number of methoxy groups -OCH3 is 2. The number of carbonyl (C=O) groups excluding carboxylic acids is 1. The van der Waals surface area contributed by atoms with Gasteiger partial charge in [-0.1, -0.05) is 6.07 Å². The van der Waals surface area contributed by atoms with Crippen molar-refractivity contribution in [2.24, 2.45) is 0 Å². The molecule has 0 aliphatic carbocycles. The van der Waals surface area contributed by atoms with Gasteiger partial charge >= 0.3 is 0 Å². The van der Waals surface area contributed by atoms with Gasteiger partial charge in [0.2, 0.25) is 0 Å². The number of anilines is 1. The van der Waals surface area contributed by atoms with E-state index < -0.39 is 0 Å². The average Bonchev–Trinajstić information content (AvgIpc) is 2.53. The number of hydrogen-bond donors (Lipinski definition) is 1. The Balaban J connectivity index is 2.02. The molecule has 0 atom stereocenters. The molecule has 0 aliphatic heterocycles. The number of halogens is 2. The zero-order valence-corrected chi connectivity index (χ0v) is 15.7. The molecule has 1 N–H and O–H groups in total. The zero-order valence-electron chi connectivity index (χ0n) is 12.6. The maximum absolute atomic E-state index is 12.1. The molecule has 0 saturated heterocycles. The van der Waals surface area contributed by atoms with Gasteiger partial charge in [-0.2, -0.15) is 0 Å². The van der Waals surface area contributed by atoms with Gasteiger partial charge in [0.1, 0.15) is 17.2 Å². The van der Waals surface area contributed by atoms with E-state index in [2.05, 4.69) is 37.2 Å². The van der Waals surface area contributed by atoms with Gasteiger partial charge in [0.15, 0.2) is 6.61 Å². The van der Waals surface area contributed by atoms with E-state index in [1.54, 1.807) is 32.4 Å². The molecule has 0 fully saturated rings. The summed E-state index contributed by atoms with van der Waals surface area (Å²) in [6, 6.07) is 10.7. The largest absolute Gasteiger partial charge is 0.497 e. The molecule has 0 heterocycles. The summed E-state index contributed by atoms with van der Waals surface area (Å²) >= 11 is 6.76. The van der Waals surface area contributed by atoms with Gasteiger partial charge in [0.05, 0.1) is 23.2 Å². The fourth-order valence-corrected chi connectivity index (χ4v) is 3.06. The van der Waals surface area contributed by atoms with Crippen LogP contribution in [0.5, 0.6) is 17.2 Å². The van der Waals surface area contributed by atoms with E-state index in [4.69, 9.17) is 14.2 Å². The number of benzene rings is 2. The van der Waals surface area contributed by atoms with Crippen LogP contribution in [-0.2, 0) is 4.79 Å². The number of hydrogen-bond acceptors (Lipinski definition) is 4. The van der Waals surface area contributed by atoms with Crippen molar-refractivity contribution in [3.8, 4) is 17.2 Å². The molecule has 2 rings (SSSR count). The summed E-state index contributed by atoms with van der Waals surface area (Å²) in [4.78, 5) is 12.1. The summed E-state index contributed by atoms with van der Waals surface area (Å²) in [6.45, 7) is -0.124. The van der Waals surface area contributed by atoms with Crippen LogP contribution >= 0.6 is 31.9 Å². The predicted octanol–water partition coefficient (Wildman–Crippen LogP) is 4.25. The summed E-state index contributed by atoms with van der Waals surface area (Å²) in [5.41, 5.74) is 0.570. The van der Waals surface area contributed by atoms with Crippen LogP contribution in [0.15, 0.2) is 45.3 Å². The smallest absolute Gasteiger partial charge is 0.262 e. The molecule has 0 aromatic heterocycles. The Morgan fingerprint density at radius 2 is 1.61 bits per heavy atom. The number of rotatable bonds is 6. The third kappa shape index (κ3) is 4.87. The predicted molar refractivity (Wildman–Crippen MR) is 95.5 cm³/mol. The van der Waals surface area contributed by atoms with Gasteiger partial charge in [-0.3, -0.25) is 4.79 Å². The molecule has 7 heteroatoms. The molecule has 0 bridgehead atoms. The van der Waals surface area contributed by atoms with Crippen LogP contribution in [0.2, 0.25) is 0 Å². The minimum atomic E-state index is -0.289. The Hall–Kier alpha value is -1.73. The third-order valence-corrected chi connectivity index (χ3v) is 4.15. The van der Waals surface area contributed by atoms with Gasteiger partial charge < -0.3 is 19.5 Å². The maximum Gasteiger partial charge on any atom is 0.262 e. The van der Waals surface area contributed by atoms with Gasteiger partial charge in [-0.25, -0.2) is 0 Å². The lowest BCUT2D eigenvalue weighted by atomic mass is 10.2. The van der Waals surface area contributed by atoms with Gasteiger partial charge in [0.25, 0.3) is 5.91 Å². The molecular weight excluding hydrogens is 430 g/mol. The fraction of sp³-hybridized carbons (Fsp3) is 0.188. The Kier molecular flexibility index (Phi) is 6.29. The molecule has 0 spiro atoms. The van der Waals surface area contributed by atoms with Crippen molar-refractivity contribution in [1.29, 1.82) is 0 Å². The minimum Gasteiger partial charge on any atom is -0.497 e. The number of carbonyl (C=O) groups is 1. The molecule has 2 aromatic rings. The first kappa shape index (κ1) is 17.6. The molecule has 23 heavy (non-hydrogen) atoms. The lowest BCUT2D eigenvalue weighted by molar-refractivity contribution is -0.118. The fourth-order valence-electron chi connectivity index (χ4n) is 1.83. The molecule has 0 saturated carbocycles. The Morgan fingerprint density at radius 3 is 2.13 bits per heavy atom. The second-order valence-corrected chi connectivity index (χ2v) is 6.20. The summed E-state index contributed by atoms with van der Waals surface area (Å²) in [5, 5.41) is 2.75. The van der Waals surface area contributed by atoms with Crippen molar-refractivity contribution in [2.75, 3.05) is 26.1 Å². The summed E-state index contributed by atoms with van der Waals surface area (Å²) in [5.74, 6) is 1.47. The van der Waals surface area contributed by atoms with E-state index in [1.165, 1.54) is 0 Å². The van der Waals surface area contributed by atoms with E-state index in [0.717, 1.165) is 8.95 Å². The first-order valence-electron chi connectivity index (χ1n) is 6.63. The van der Waals surface area contributed by atoms with Crippen molar-refractivity contribution < 1.29 is 19.0 Å². The Labute approximate surface area is 151 Å². The van der Waals surface area contributed by atoms with E-state index >= 15 is 0 Å². The van der Waals surface area contributed by atoms with Gasteiger partial charge in [0, 0.05) is 23.9 Å². The van der Waals surface area contributed by atoms with Crippen LogP contribution in [-0.4, -0.2) is 26.7 Å². The van der Waals surface area contributed by atoms with Crippen molar-refractivity contribution in [1.82, 2.24) is 0 Å². The zero-order chi connectivity index (χ0) is 16.8. The van der Waals surface area contributed by atoms with Crippen LogP contribution < -0.4 is 19.5 Å². The van der Waals surface area contributed by atoms with Crippen LogP contribution in [0.4, 0.5) is 5.69 Å². The van der Waals surface area contributed by atoms with E-state index in [0.29, 0.717) is 22.9 Å². The van der Waals surface area contributed by atoms with Gasteiger partial charge in [-0.15, -0.1) is 0 Å². The van der Waals surface area contributed by atoms with Crippen LogP contribution in [0.1, 0.15) is 0 Å². The summed E-state index contributed by atoms with van der Waals surface area (Å²) in [6.07, 6.45) is 0. The topological polar surface area (TPSA) is 56.8 Å². The summed E-state index contributed by atoms with van der Waals surface area (Å²) < 4.78 is 17.4. The van der Waals surface area contributed by atoms with Crippen LogP contribution in [0, 0.1) is 0 Å². The van der Waals surface area contributed by atoms with E-state index in [1.807, 2.05) is 18.2 Å². The normalized spacial score (nSPS) is 10.1. The van der Waals surface area contributed by atoms with Gasteiger partial charge in [-0.05, 0) is 44.0 Å². The molecule has 0 aliphatic rings. The highest BCUT2D eigenvalue weighted by Gasteiger charge is 2.10. The molecular formula is C16H15Br2NO4. The number of ether oxygens (including phenoxy) is 3. The van der Waals surface area contributed by atoms with Crippen LogP contribution in [0.3, 0.4) is 0 Å². The van der Waals surface area contributed by atoms with Crippen molar-refractivity contribution in [3.05, 3.63) is 45.3 Å². The number of amides is 1. The lowest BCUT2D eigenvalue weighted by Gasteiger charge is -2.12. The van der Waals surface area contributed by atoms with Crippen LogP contribution in [0.25, 0.3) is 0 Å². The van der Waals surface area contributed by atoms with E-state index in [9.17, 15) is 4.79 Å². The lowest BCUT2D eigenvalue weighted by Crippen LogP contribution is -2.20. The highest BCUT2D eigenvalue weighted by molar-refractivity contribution is 9.11. The Bertz CT molecular complexity index is 664. The monoisotopic (exact) mass is 443 g/mol. The molecule has 0 unspecified atom stereocenters. The van der Waals surface area contributed by atoms with E-state index in [-0.39, 0.29) is 12.5 Å². The van der Waals surface area contributed by atoms with Crippen molar-refractivity contribution in [3.63, 3.8) is 0 Å². The molecule has 0 radical (unpaired) electrons. The minimum absolute atomic E-state index is 0.124. The second-order valence-electron chi connectivity index (χ2n) is 4.49. The Morgan fingerprint density at radius 1 is 1.04 bits per heavy atom. The maximum atomic E-state index is 12.1. The number of nitrogens with one attached hydrogen (secondary N) is 1. The first-order chi connectivity index (χ1) is 11.0. The quantitative estimate of drug-likeness (QED) is 0.723. The highest BCUT2D eigenvalue weighted by Crippen LogP contribution is 2.33. The average molecular weight is 445 g/mol. The van der Waals surface area contributed by atoms with Crippen molar-refractivity contribution >= 4 is 43.5 Å². The third-order valence-electron chi connectivity index (χ3n) is 2.90. The molecule has 5 nitrogen and oxygen atoms in total. The molecule has 2 aromatic carbocycles. The van der Waals surface area contributed by atoms with Crippen molar-refractivity contribution in [2.45, 2.75) is 0 Å². The first-order valence-corrected chi connectivity index (χ1v) is 8.22. The molecule has 1 amide bonds. The summed E-state index contributed by atoms with van der Waals surface area (Å²) in [7, 11) is 3.10. The number of para-hydroxylation sites is 1. The molecule has 122 valence electrons. The highest BCUT2D eigenvalue weighted by atomic mass is 79.9. The SMILES string of the molecule is COc1cc(NC(=O)COc2c(Br)cccc2Br)cc(OC)c1. The second kappa shape index (κ2) is 8.21.